The van der Waals surface area contributed by atoms with Gasteiger partial charge < -0.3 is 4.74 Å². The van der Waals surface area contributed by atoms with Gasteiger partial charge in [-0.3, -0.25) is 4.79 Å². The van der Waals surface area contributed by atoms with Crippen molar-refractivity contribution in [3.63, 3.8) is 0 Å². The zero-order valence-corrected chi connectivity index (χ0v) is 5.69. The number of esters is 1. The minimum absolute atomic E-state index is 0.105. The molecule has 2 nitrogen and oxygen atoms in total. The van der Waals surface area contributed by atoms with Crippen molar-refractivity contribution >= 4 is 5.97 Å². The van der Waals surface area contributed by atoms with Crippen molar-refractivity contribution in [1.82, 2.24) is 0 Å². The summed E-state index contributed by atoms with van der Waals surface area (Å²) in [6, 6.07) is 0. The van der Waals surface area contributed by atoms with E-state index < -0.39 is 12.1 Å². The largest absolute Gasteiger partial charge is 0.463 e. The molecule has 0 aliphatic rings. The number of ether oxygens (including phenoxy) is 1. The molecule has 3 heteroatoms. The first-order valence-corrected chi connectivity index (χ1v) is 2.94. The molecule has 0 saturated carbocycles. The number of carbonyl (C=O) groups is 1. The Hall–Kier alpha value is -0.600. The van der Waals surface area contributed by atoms with Gasteiger partial charge in [-0.2, -0.15) is 0 Å². The standard InChI is InChI=1S/C6H11FO2/c1-3-6(7)4-9-5(2)8/h6H,3-4H2,1-2H3. The average molecular weight is 134 g/mol. The number of carbonyl (C=O) groups excluding carboxylic acids is 1. The lowest BCUT2D eigenvalue weighted by Gasteiger charge is -2.03. The topological polar surface area (TPSA) is 26.3 Å². The lowest BCUT2D eigenvalue weighted by atomic mass is 10.3. The fourth-order valence-corrected chi connectivity index (χ4v) is 0.326. The molecule has 0 radical (unpaired) electrons. The quantitative estimate of drug-likeness (QED) is 0.544. The van der Waals surface area contributed by atoms with Crippen LogP contribution >= 0.6 is 0 Å². The predicted octanol–water partition coefficient (Wildman–Crippen LogP) is 1.30. The second-order valence-electron chi connectivity index (χ2n) is 1.81. The van der Waals surface area contributed by atoms with Crippen LogP contribution in [0.1, 0.15) is 20.3 Å². The molecular formula is C6H11FO2. The van der Waals surface area contributed by atoms with E-state index in [9.17, 15) is 9.18 Å². The first-order chi connectivity index (χ1) is 4.16. The third-order valence-corrected chi connectivity index (χ3v) is 0.910. The molecule has 54 valence electrons. The van der Waals surface area contributed by atoms with E-state index in [1.54, 1.807) is 6.92 Å². The predicted molar refractivity (Wildman–Crippen MR) is 31.8 cm³/mol. The van der Waals surface area contributed by atoms with Gasteiger partial charge in [-0.05, 0) is 6.42 Å². The van der Waals surface area contributed by atoms with Crippen molar-refractivity contribution in [3.8, 4) is 0 Å². The van der Waals surface area contributed by atoms with Crippen LogP contribution in [0.2, 0.25) is 0 Å². The van der Waals surface area contributed by atoms with E-state index in [0.29, 0.717) is 6.42 Å². The summed E-state index contributed by atoms with van der Waals surface area (Å²) in [5.41, 5.74) is 0. The number of rotatable bonds is 3. The van der Waals surface area contributed by atoms with Crippen molar-refractivity contribution in [1.29, 1.82) is 0 Å². The van der Waals surface area contributed by atoms with Crippen molar-refractivity contribution in [2.24, 2.45) is 0 Å². The van der Waals surface area contributed by atoms with Gasteiger partial charge in [0.05, 0.1) is 0 Å². The van der Waals surface area contributed by atoms with Crippen LogP contribution in [0, 0.1) is 0 Å². The maximum Gasteiger partial charge on any atom is 0.302 e. The SMILES string of the molecule is CCC(F)COC(C)=O. The van der Waals surface area contributed by atoms with Gasteiger partial charge in [0, 0.05) is 6.92 Å². The van der Waals surface area contributed by atoms with Crippen LogP contribution in [-0.4, -0.2) is 18.7 Å². The van der Waals surface area contributed by atoms with E-state index in [2.05, 4.69) is 4.74 Å². The second-order valence-corrected chi connectivity index (χ2v) is 1.81. The first-order valence-electron chi connectivity index (χ1n) is 2.94. The zero-order chi connectivity index (χ0) is 7.28. The van der Waals surface area contributed by atoms with Gasteiger partial charge in [0.2, 0.25) is 0 Å². The molecule has 0 aliphatic carbocycles. The molecule has 0 aromatic carbocycles. The highest BCUT2D eigenvalue weighted by Gasteiger charge is 2.03. The minimum atomic E-state index is -1.01. The highest BCUT2D eigenvalue weighted by atomic mass is 19.1. The van der Waals surface area contributed by atoms with E-state index in [1.165, 1.54) is 6.92 Å². The van der Waals surface area contributed by atoms with Crippen LogP contribution in [0.4, 0.5) is 4.39 Å². The Morgan fingerprint density at radius 1 is 1.78 bits per heavy atom. The molecule has 0 fully saturated rings. The zero-order valence-electron chi connectivity index (χ0n) is 5.69. The van der Waals surface area contributed by atoms with Crippen molar-refractivity contribution in [2.45, 2.75) is 26.4 Å². The maximum atomic E-state index is 12.2. The Morgan fingerprint density at radius 2 is 2.33 bits per heavy atom. The van der Waals surface area contributed by atoms with Gasteiger partial charge in [0.1, 0.15) is 12.8 Å². The normalized spacial score (nSPS) is 12.8. The number of halogens is 1. The molecule has 9 heavy (non-hydrogen) atoms. The van der Waals surface area contributed by atoms with E-state index in [-0.39, 0.29) is 6.61 Å². The van der Waals surface area contributed by atoms with Gasteiger partial charge >= 0.3 is 5.97 Å². The van der Waals surface area contributed by atoms with Crippen LogP contribution in [0.25, 0.3) is 0 Å². The maximum absolute atomic E-state index is 12.2. The number of hydrogen-bond acceptors (Lipinski definition) is 2. The van der Waals surface area contributed by atoms with E-state index in [4.69, 9.17) is 0 Å². The summed E-state index contributed by atoms with van der Waals surface area (Å²) in [5, 5.41) is 0. The minimum Gasteiger partial charge on any atom is -0.463 e. The molecule has 0 amide bonds. The molecule has 0 aromatic rings. The van der Waals surface area contributed by atoms with Crippen LogP contribution < -0.4 is 0 Å². The Labute approximate surface area is 54.0 Å². The van der Waals surface area contributed by atoms with E-state index >= 15 is 0 Å². The third kappa shape index (κ3) is 5.27. The Balaban J connectivity index is 3.16. The Bertz CT molecular complexity index is 93.1. The van der Waals surface area contributed by atoms with E-state index in [1.807, 2.05) is 0 Å². The Kier molecular flexibility index (Phi) is 4.01. The van der Waals surface area contributed by atoms with Crippen molar-refractivity contribution < 1.29 is 13.9 Å². The number of alkyl halides is 1. The smallest absolute Gasteiger partial charge is 0.302 e. The highest BCUT2D eigenvalue weighted by Crippen LogP contribution is 1.96. The summed E-state index contributed by atoms with van der Waals surface area (Å²) in [4.78, 5) is 10.1. The molecular weight excluding hydrogens is 123 g/mol. The van der Waals surface area contributed by atoms with Crippen molar-refractivity contribution in [2.75, 3.05) is 6.61 Å². The molecule has 1 unspecified atom stereocenters. The molecule has 0 N–H and O–H groups in total. The molecule has 0 rings (SSSR count). The monoisotopic (exact) mass is 134 g/mol. The van der Waals surface area contributed by atoms with Crippen LogP contribution in [0.5, 0.6) is 0 Å². The van der Waals surface area contributed by atoms with Crippen LogP contribution in [0.3, 0.4) is 0 Å². The first kappa shape index (κ1) is 8.40. The summed E-state index contributed by atoms with van der Waals surface area (Å²) in [7, 11) is 0. The average Bonchev–Trinajstić information content (AvgIpc) is 1.83. The second kappa shape index (κ2) is 4.30. The molecule has 0 bridgehead atoms. The summed E-state index contributed by atoms with van der Waals surface area (Å²) >= 11 is 0. The lowest BCUT2D eigenvalue weighted by Crippen LogP contribution is -2.11. The summed E-state index contributed by atoms with van der Waals surface area (Å²) in [6.45, 7) is 2.86. The van der Waals surface area contributed by atoms with Crippen LogP contribution in [-0.2, 0) is 9.53 Å². The summed E-state index contributed by atoms with van der Waals surface area (Å²) in [5.74, 6) is -0.425. The molecule has 0 aromatic heterocycles. The number of hydrogen-bond donors (Lipinski definition) is 0. The third-order valence-electron chi connectivity index (χ3n) is 0.910. The molecule has 0 saturated heterocycles. The molecule has 0 spiro atoms. The summed E-state index contributed by atoms with van der Waals surface area (Å²) in [6.07, 6.45) is -0.610. The fourth-order valence-electron chi connectivity index (χ4n) is 0.326. The van der Waals surface area contributed by atoms with Gasteiger partial charge in [0.15, 0.2) is 0 Å². The molecule has 0 aliphatic heterocycles. The molecule has 0 heterocycles. The van der Waals surface area contributed by atoms with E-state index in [0.717, 1.165) is 0 Å². The van der Waals surface area contributed by atoms with Gasteiger partial charge in [-0.25, -0.2) is 4.39 Å². The Morgan fingerprint density at radius 3 is 2.67 bits per heavy atom. The lowest BCUT2D eigenvalue weighted by molar-refractivity contribution is -0.142. The van der Waals surface area contributed by atoms with Gasteiger partial charge in [-0.15, -0.1) is 0 Å². The highest BCUT2D eigenvalue weighted by molar-refractivity contribution is 5.65. The van der Waals surface area contributed by atoms with Gasteiger partial charge in [-0.1, -0.05) is 6.92 Å². The summed E-state index contributed by atoms with van der Waals surface area (Å²) < 4.78 is 16.6. The van der Waals surface area contributed by atoms with Crippen molar-refractivity contribution in [3.05, 3.63) is 0 Å². The molecule has 1 atom stereocenters. The van der Waals surface area contributed by atoms with Crippen LogP contribution in [0.15, 0.2) is 0 Å². The fraction of sp³-hybridized carbons (Fsp3) is 0.833. The van der Waals surface area contributed by atoms with Gasteiger partial charge in [0.25, 0.3) is 0 Å².